The molecule has 3 N–H and O–H groups in total. The minimum absolute atomic E-state index is 0.000814. The fraction of sp³-hybridized carbons (Fsp3) is 0.391. The minimum Gasteiger partial charge on any atom is -0.379 e. The molecule has 178 valence electrons. The van der Waals surface area contributed by atoms with E-state index in [1.54, 1.807) is 24.3 Å². The summed E-state index contributed by atoms with van der Waals surface area (Å²) in [5.41, 5.74) is 1.77. The van der Waals surface area contributed by atoms with Crippen molar-refractivity contribution in [1.82, 2.24) is 14.9 Å². The molecule has 1 aliphatic rings. The lowest BCUT2D eigenvalue weighted by molar-refractivity contribution is -0.114. The Morgan fingerprint density at radius 2 is 1.67 bits per heavy atom. The third kappa shape index (κ3) is 7.64. The highest BCUT2D eigenvalue weighted by Crippen LogP contribution is 2.15. The molecule has 2 aromatic rings. The van der Waals surface area contributed by atoms with Crippen molar-refractivity contribution < 1.29 is 22.7 Å². The van der Waals surface area contributed by atoms with Crippen molar-refractivity contribution in [3.8, 4) is 0 Å². The third-order valence-electron chi connectivity index (χ3n) is 5.18. The van der Waals surface area contributed by atoms with Crippen LogP contribution < -0.4 is 15.4 Å². The normalized spacial score (nSPS) is 15.6. The average Bonchev–Trinajstić information content (AvgIpc) is 2.78. The number of hydrogen-bond donors (Lipinski definition) is 3. The van der Waals surface area contributed by atoms with E-state index in [1.807, 2.05) is 6.92 Å². The van der Waals surface area contributed by atoms with Crippen molar-refractivity contribution in [3.63, 3.8) is 0 Å². The van der Waals surface area contributed by atoms with Gasteiger partial charge < -0.3 is 15.4 Å². The number of hydrogen-bond acceptors (Lipinski definition) is 6. The molecule has 0 saturated carbocycles. The molecule has 1 saturated heterocycles. The Hall–Kier alpha value is -2.79. The fourth-order valence-corrected chi connectivity index (χ4v) is 4.50. The zero-order valence-corrected chi connectivity index (χ0v) is 19.7. The van der Waals surface area contributed by atoms with Crippen LogP contribution in [0.1, 0.15) is 29.8 Å². The number of carbonyl (C=O) groups excluding carboxylic acids is 2. The maximum absolute atomic E-state index is 12.5. The van der Waals surface area contributed by atoms with Crippen LogP contribution in [0.4, 0.5) is 5.69 Å². The highest BCUT2D eigenvalue weighted by molar-refractivity contribution is 7.89. The molecule has 3 rings (SSSR count). The number of nitrogens with one attached hydrogen (secondary N) is 3. The molecule has 0 spiro atoms. The summed E-state index contributed by atoms with van der Waals surface area (Å²) in [5.74, 6) is -0.394. The first-order valence-corrected chi connectivity index (χ1v) is 12.3. The van der Waals surface area contributed by atoms with Gasteiger partial charge in [0.05, 0.1) is 18.1 Å². The summed E-state index contributed by atoms with van der Waals surface area (Å²) in [6.07, 6.45) is 0. The van der Waals surface area contributed by atoms with Crippen LogP contribution in [0.25, 0.3) is 0 Å². The van der Waals surface area contributed by atoms with Crippen molar-refractivity contribution >= 4 is 27.5 Å². The smallest absolute Gasteiger partial charge is 0.251 e. The first-order chi connectivity index (χ1) is 15.7. The van der Waals surface area contributed by atoms with Crippen molar-refractivity contribution in [2.75, 3.05) is 38.2 Å². The molecule has 1 aliphatic heterocycles. The molecule has 9 nitrogen and oxygen atoms in total. The lowest BCUT2D eigenvalue weighted by Gasteiger charge is -2.29. The standard InChI is InChI=1S/C23H30N4O5S/c1-17(16-27-11-13-32-14-12-27)25-23(29)20-5-3-19(4-6-20)15-24-33(30,31)22-9-7-21(8-10-22)26-18(2)28/h3-10,17,24H,11-16H2,1-2H3,(H,25,29)(H,26,28). The van der Waals surface area contributed by atoms with Gasteiger partial charge in [0.2, 0.25) is 15.9 Å². The van der Waals surface area contributed by atoms with Crippen LogP contribution in [0.2, 0.25) is 0 Å². The Kier molecular flexibility index (Phi) is 8.56. The second-order valence-corrected chi connectivity index (χ2v) is 9.78. The summed E-state index contributed by atoms with van der Waals surface area (Å²) in [5, 5.41) is 5.59. The van der Waals surface area contributed by atoms with Gasteiger partial charge >= 0.3 is 0 Å². The van der Waals surface area contributed by atoms with Crippen LogP contribution >= 0.6 is 0 Å². The topological polar surface area (TPSA) is 117 Å². The van der Waals surface area contributed by atoms with Crippen LogP contribution in [0.15, 0.2) is 53.4 Å². The second-order valence-electron chi connectivity index (χ2n) is 8.01. The molecule has 10 heteroatoms. The number of rotatable bonds is 9. The highest BCUT2D eigenvalue weighted by Gasteiger charge is 2.17. The van der Waals surface area contributed by atoms with Gasteiger partial charge in [-0.25, -0.2) is 13.1 Å². The van der Waals surface area contributed by atoms with Gasteiger partial charge in [0.15, 0.2) is 0 Å². The Bertz CT molecular complexity index is 1050. The van der Waals surface area contributed by atoms with Crippen molar-refractivity contribution in [1.29, 1.82) is 0 Å². The average molecular weight is 475 g/mol. The van der Waals surface area contributed by atoms with E-state index in [4.69, 9.17) is 4.74 Å². The Morgan fingerprint density at radius 1 is 1.03 bits per heavy atom. The molecule has 0 aromatic heterocycles. The predicted molar refractivity (Wildman–Crippen MR) is 125 cm³/mol. The molecule has 1 heterocycles. The first kappa shape index (κ1) is 24.8. The lowest BCUT2D eigenvalue weighted by atomic mass is 10.1. The van der Waals surface area contributed by atoms with Crippen molar-refractivity contribution in [3.05, 3.63) is 59.7 Å². The summed E-state index contributed by atoms with van der Waals surface area (Å²) in [4.78, 5) is 26.0. The van der Waals surface area contributed by atoms with Crippen LogP contribution in [-0.2, 0) is 26.1 Å². The molecule has 1 atom stereocenters. The predicted octanol–water partition coefficient (Wildman–Crippen LogP) is 1.57. The molecular formula is C23H30N4O5S. The summed E-state index contributed by atoms with van der Waals surface area (Å²) < 4.78 is 32.9. The summed E-state index contributed by atoms with van der Waals surface area (Å²) >= 11 is 0. The Morgan fingerprint density at radius 3 is 2.27 bits per heavy atom. The lowest BCUT2D eigenvalue weighted by Crippen LogP contribution is -2.46. The number of nitrogens with zero attached hydrogens (tertiary/aromatic N) is 1. The van der Waals surface area contributed by atoms with E-state index in [2.05, 4.69) is 20.3 Å². The third-order valence-corrected chi connectivity index (χ3v) is 6.60. The summed E-state index contributed by atoms with van der Waals surface area (Å²) in [7, 11) is -3.72. The van der Waals surface area contributed by atoms with E-state index in [-0.39, 0.29) is 29.3 Å². The monoisotopic (exact) mass is 474 g/mol. The number of amides is 2. The molecule has 0 radical (unpaired) electrons. The van der Waals surface area contributed by atoms with Crippen molar-refractivity contribution in [2.45, 2.75) is 31.3 Å². The van der Waals surface area contributed by atoms with Gasteiger partial charge in [0, 0.05) is 50.4 Å². The van der Waals surface area contributed by atoms with Crippen molar-refractivity contribution in [2.24, 2.45) is 0 Å². The van der Waals surface area contributed by atoms with Crippen LogP contribution in [0.3, 0.4) is 0 Å². The zero-order valence-electron chi connectivity index (χ0n) is 18.8. The van der Waals surface area contributed by atoms with E-state index >= 15 is 0 Å². The first-order valence-electron chi connectivity index (χ1n) is 10.8. The number of morpholine rings is 1. The zero-order chi connectivity index (χ0) is 23.8. The second kappa shape index (κ2) is 11.4. The van der Waals surface area contributed by atoms with E-state index in [9.17, 15) is 18.0 Å². The number of benzene rings is 2. The van der Waals surface area contributed by atoms with E-state index in [1.165, 1.54) is 31.2 Å². The highest BCUT2D eigenvalue weighted by atomic mass is 32.2. The van der Waals surface area contributed by atoms with Gasteiger partial charge in [-0.1, -0.05) is 12.1 Å². The molecule has 33 heavy (non-hydrogen) atoms. The van der Waals surface area contributed by atoms with E-state index in [0.717, 1.165) is 25.2 Å². The molecule has 1 unspecified atom stereocenters. The number of carbonyl (C=O) groups is 2. The molecule has 0 aliphatic carbocycles. The Labute approximate surface area is 194 Å². The van der Waals surface area contributed by atoms with Gasteiger partial charge in [0.1, 0.15) is 0 Å². The maximum atomic E-state index is 12.5. The van der Waals surface area contributed by atoms with E-state index < -0.39 is 10.0 Å². The largest absolute Gasteiger partial charge is 0.379 e. The number of ether oxygens (including phenoxy) is 1. The Balaban J connectivity index is 1.51. The van der Waals surface area contributed by atoms with Gasteiger partial charge in [-0.2, -0.15) is 0 Å². The number of sulfonamides is 1. The maximum Gasteiger partial charge on any atom is 0.251 e. The molecule has 2 amide bonds. The number of anilines is 1. The fourth-order valence-electron chi connectivity index (χ4n) is 3.48. The SMILES string of the molecule is CC(=O)Nc1ccc(S(=O)(=O)NCc2ccc(C(=O)NC(C)CN3CCOCC3)cc2)cc1. The summed E-state index contributed by atoms with van der Waals surface area (Å²) in [6.45, 7) is 7.37. The van der Waals surface area contributed by atoms with Crippen LogP contribution in [-0.4, -0.2) is 64.0 Å². The van der Waals surface area contributed by atoms with Gasteiger partial charge in [-0.3, -0.25) is 14.5 Å². The van der Waals surface area contributed by atoms with Gasteiger partial charge in [-0.15, -0.1) is 0 Å². The molecule has 0 bridgehead atoms. The van der Waals surface area contributed by atoms with Crippen LogP contribution in [0, 0.1) is 0 Å². The molecular weight excluding hydrogens is 444 g/mol. The van der Waals surface area contributed by atoms with E-state index in [0.29, 0.717) is 24.5 Å². The molecule has 2 aromatic carbocycles. The molecule has 1 fully saturated rings. The summed E-state index contributed by atoms with van der Waals surface area (Å²) in [6, 6.07) is 12.7. The van der Waals surface area contributed by atoms with Gasteiger partial charge in [0.25, 0.3) is 5.91 Å². The quantitative estimate of drug-likeness (QED) is 0.508. The van der Waals surface area contributed by atoms with Gasteiger partial charge in [-0.05, 0) is 48.9 Å². The van der Waals surface area contributed by atoms with Crippen LogP contribution in [0.5, 0.6) is 0 Å². The minimum atomic E-state index is -3.72.